The summed E-state index contributed by atoms with van der Waals surface area (Å²) < 4.78 is 1.78. The summed E-state index contributed by atoms with van der Waals surface area (Å²) in [4.78, 5) is 14.9. The third-order valence-electron chi connectivity index (χ3n) is 2.44. The quantitative estimate of drug-likeness (QED) is 0.842. The summed E-state index contributed by atoms with van der Waals surface area (Å²) in [5.41, 5.74) is 0.804. The highest BCUT2D eigenvalue weighted by Gasteiger charge is 2.09. The fourth-order valence-corrected chi connectivity index (χ4v) is 1.73. The van der Waals surface area contributed by atoms with Crippen LogP contribution < -0.4 is 5.32 Å². The normalized spacial score (nSPS) is 10.7. The minimum Gasteiger partial charge on any atom is -0.478 e. The Morgan fingerprint density at radius 3 is 2.79 bits per heavy atom. The molecule has 19 heavy (non-hydrogen) atoms. The Morgan fingerprint density at radius 1 is 1.47 bits per heavy atom. The molecule has 0 radical (unpaired) electrons. The molecule has 0 aromatic carbocycles. The largest absolute Gasteiger partial charge is 0.478 e. The van der Waals surface area contributed by atoms with Crippen molar-refractivity contribution in [3.63, 3.8) is 0 Å². The Labute approximate surface area is 115 Å². The fourth-order valence-electron chi connectivity index (χ4n) is 1.52. The van der Waals surface area contributed by atoms with Crippen LogP contribution in [-0.4, -0.2) is 25.8 Å². The molecule has 7 heteroatoms. The molecule has 2 heterocycles. The lowest BCUT2D eigenvalue weighted by molar-refractivity contribution is 0.0697. The van der Waals surface area contributed by atoms with Gasteiger partial charge in [-0.05, 0) is 26.0 Å². The number of aromatic carboxylic acids is 1. The SMILES string of the molecule is CC(C)n1cc(Nc2cc(C(=O)O)cc(Cl)n2)cn1. The molecule has 2 aromatic rings. The molecule has 2 rings (SSSR count). The van der Waals surface area contributed by atoms with E-state index in [9.17, 15) is 4.79 Å². The standard InChI is InChI=1S/C12H13ClN4O2/c1-7(2)17-6-9(5-14-17)15-11-4-8(12(18)19)3-10(13)16-11/h3-7H,1-2H3,(H,15,16)(H,18,19). The van der Waals surface area contributed by atoms with Crippen LogP contribution in [0.1, 0.15) is 30.2 Å². The average Bonchev–Trinajstić information content (AvgIpc) is 2.76. The number of carboxylic acids is 1. The first kappa shape index (κ1) is 13.4. The summed E-state index contributed by atoms with van der Waals surface area (Å²) in [6.07, 6.45) is 3.46. The Morgan fingerprint density at radius 2 is 2.21 bits per heavy atom. The van der Waals surface area contributed by atoms with E-state index in [1.54, 1.807) is 10.9 Å². The molecule has 0 aliphatic heterocycles. The molecule has 0 unspecified atom stereocenters. The van der Waals surface area contributed by atoms with E-state index in [1.165, 1.54) is 12.1 Å². The first-order chi connectivity index (χ1) is 8.95. The summed E-state index contributed by atoms with van der Waals surface area (Å²) in [5, 5.41) is 16.2. The van der Waals surface area contributed by atoms with Crippen molar-refractivity contribution >= 4 is 29.1 Å². The summed E-state index contributed by atoms with van der Waals surface area (Å²) in [7, 11) is 0. The molecule has 0 aliphatic carbocycles. The first-order valence-electron chi connectivity index (χ1n) is 5.68. The lowest BCUT2D eigenvalue weighted by atomic mass is 10.2. The van der Waals surface area contributed by atoms with E-state index < -0.39 is 5.97 Å². The predicted molar refractivity (Wildman–Crippen MR) is 72.1 cm³/mol. The molecule has 0 atom stereocenters. The molecule has 0 fully saturated rings. The number of carbonyl (C=O) groups is 1. The van der Waals surface area contributed by atoms with Gasteiger partial charge in [0.1, 0.15) is 11.0 Å². The number of rotatable bonds is 4. The smallest absolute Gasteiger partial charge is 0.335 e. The maximum atomic E-state index is 10.9. The molecule has 0 bridgehead atoms. The number of nitrogens with zero attached hydrogens (tertiary/aromatic N) is 3. The molecule has 0 amide bonds. The van der Waals surface area contributed by atoms with Gasteiger partial charge in [0, 0.05) is 12.2 Å². The second-order valence-electron chi connectivity index (χ2n) is 4.30. The van der Waals surface area contributed by atoms with E-state index in [2.05, 4.69) is 15.4 Å². The Hall–Kier alpha value is -2.08. The highest BCUT2D eigenvalue weighted by molar-refractivity contribution is 6.29. The third kappa shape index (κ3) is 3.23. The number of aromatic nitrogens is 3. The van der Waals surface area contributed by atoms with Gasteiger partial charge in [-0.15, -0.1) is 0 Å². The van der Waals surface area contributed by atoms with Gasteiger partial charge in [-0.25, -0.2) is 9.78 Å². The van der Waals surface area contributed by atoms with Crippen molar-refractivity contribution in [1.29, 1.82) is 0 Å². The number of carboxylic acid groups (broad SMARTS) is 1. The van der Waals surface area contributed by atoms with Gasteiger partial charge in [0.25, 0.3) is 0 Å². The fraction of sp³-hybridized carbons (Fsp3) is 0.250. The predicted octanol–water partition coefficient (Wildman–Crippen LogP) is 2.95. The summed E-state index contributed by atoms with van der Waals surface area (Å²) in [6, 6.07) is 2.96. The maximum Gasteiger partial charge on any atom is 0.335 e. The van der Waals surface area contributed by atoms with Crippen molar-refractivity contribution in [2.75, 3.05) is 5.32 Å². The second kappa shape index (κ2) is 5.27. The van der Waals surface area contributed by atoms with E-state index in [-0.39, 0.29) is 16.8 Å². The van der Waals surface area contributed by atoms with Crippen LogP contribution in [0.4, 0.5) is 11.5 Å². The van der Waals surface area contributed by atoms with Gasteiger partial charge in [-0.1, -0.05) is 11.6 Å². The molecule has 0 saturated carbocycles. The number of pyridine rings is 1. The van der Waals surface area contributed by atoms with Gasteiger partial charge in [0.05, 0.1) is 17.4 Å². The monoisotopic (exact) mass is 280 g/mol. The van der Waals surface area contributed by atoms with Crippen LogP contribution in [-0.2, 0) is 0 Å². The van der Waals surface area contributed by atoms with E-state index in [0.29, 0.717) is 5.82 Å². The van der Waals surface area contributed by atoms with Gasteiger partial charge >= 0.3 is 5.97 Å². The molecular formula is C12H13ClN4O2. The van der Waals surface area contributed by atoms with Crippen LogP contribution in [0, 0.1) is 0 Å². The Balaban J connectivity index is 2.24. The topological polar surface area (TPSA) is 80.0 Å². The highest BCUT2D eigenvalue weighted by Crippen LogP contribution is 2.19. The van der Waals surface area contributed by atoms with Crippen molar-refractivity contribution in [2.45, 2.75) is 19.9 Å². The Bertz CT molecular complexity index is 610. The van der Waals surface area contributed by atoms with Gasteiger partial charge < -0.3 is 10.4 Å². The van der Waals surface area contributed by atoms with Gasteiger partial charge in [0.15, 0.2) is 0 Å². The summed E-state index contributed by atoms with van der Waals surface area (Å²) >= 11 is 5.78. The van der Waals surface area contributed by atoms with Crippen molar-refractivity contribution in [2.24, 2.45) is 0 Å². The number of nitrogens with one attached hydrogen (secondary N) is 1. The zero-order valence-electron chi connectivity index (χ0n) is 10.5. The minimum absolute atomic E-state index is 0.0822. The average molecular weight is 281 g/mol. The van der Waals surface area contributed by atoms with E-state index in [0.717, 1.165) is 5.69 Å². The van der Waals surface area contributed by atoms with E-state index >= 15 is 0 Å². The van der Waals surface area contributed by atoms with Crippen LogP contribution >= 0.6 is 11.6 Å². The van der Waals surface area contributed by atoms with Crippen molar-refractivity contribution in [3.05, 3.63) is 35.2 Å². The molecule has 0 spiro atoms. The molecule has 2 aromatic heterocycles. The molecule has 0 aliphatic rings. The lowest BCUT2D eigenvalue weighted by Gasteiger charge is -2.05. The molecule has 0 saturated heterocycles. The van der Waals surface area contributed by atoms with Gasteiger partial charge in [-0.3, -0.25) is 4.68 Å². The zero-order chi connectivity index (χ0) is 14.0. The van der Waals surface area contributed by atoms with Gasteiger partial charge in [-0.2, -0.15) is 5.10 Å². The van der Waals surface area contributed by atoms with Crippen LogP contribution in [0.15, 0.2) is 24.5 Å². The van der Waals surface area contributed by atoms with E-state index in [4.69, 9.17) is 16.7 Å². The highest BCUT2D eigenvalue weighted by atomic mass is 35.5. The molecule has 100 valence electrons. The number of anilines is 2. The second-order valence-corrected chi connectivity index (χ2v) is 4.68. The number of hydrogen-bond acceptors (Lipinski definition) is 4. The molecular weight excluding hydrogens is 268 g/mol. The van der Waals surface area contributed by atoms with Crippen molar-refractivity contribution < 1.29 is 9.90 Å². The summed E-state index contributed by atoms with van der Waals surface area (Å²) in [6.45, 7) is 4.02. The maximum absolute atomic E-state index is 10.9. The first-order valence-corrected chi connectivity index (χ1v) is 6.05. The molecule has 2 N–H and O–H groups in total. The third-order valence-corrected chi connectivity index (χ3v) is 2.64. The van der Waals surface area contributed by atoms with Crippen LogP contribution in [0.3, 0.4) is 0 Å². The zero-order valence-corrected chi connectivity index (χ0v) is 11.2. The Kier molecular flexibility index (Phi) is 3.71. The molecule has 6 nitrogen and oxygen atoms in total. The van der Waals surface area contributed by atoms with Crippen molar-refractivity contribution in [3.8, 4) is 0 Å². The number of halogens is 1. The minimum atomic E-state index is -1.05. The summed E-state index contributed by atoms with van der Waals surface area (Å²) in [5.74, 6) is -0.682. The van der Waals surface area contributed by atoms with Crippen LogP contribution in [0.25, 0.3) is 0 Å². The van der Waals surface area contributed by atoms with E-state index in [1.807, 2.05) is 20.0 Å². The van der Waals surface area contributed by atoms with Crippen molar-refractivity contribution in [1.82, 2.24) is 14.8 Å². The van der Waals surface area contributed by atoms with Crippen LogP contribution in [0.2, 0.25) is 5.15 Å². The van der Waals surface area contributed by atoms with Gasteiger partial charge in [0.2, 0.25) is 0 Å². The van der Waals surface area contributed by atoms with Crippen LogP contribution in [0.5, 0.6) is 0 Å². The number of hydrogen-bond donors (Lipinski definition) is 2. The lowest BCUT2D eigenvalue weighted by Crippen LogP contribution is -2.01.